The standard InChI is InChI=1S/C14H19BrN2O2/c1-14(2,3)19-13(18)11-5-4-8-17(11)12-7-6-10(15)9-16-12/h6-7,9,11H,4-5,8H2,1-3H3/t11-/m0/s1. The molecule has 0 spiro atoms. The third-order valence-electron chi connectivity index (χ3n) is 2.94. The van der Waals surface area contributed by atoms with Crippen molar-refractivity contribution in [2.24, 2.45) is 0 Å². The molecule has 1 aromatic rings. The molecule has 1 aliphatic heterocycles. The van der Waals surface area contributed by atoms with Gasteiger partial charge in [-0.25, -0.2) is 9.78 Å². The molecule has 2 heterocycles. The smallest absolute Gasteiger partial charge is 0.329 e. The number of carbonyl (C=O) groups excluding carboxylic acids is 1. The Hall–Kier alpha value is -1.10. The quantitative estimate of drug-likeness (QED) is 0.783. The minimum Gasteiger partial charge on any atom is -0.458 e. The summed E-state index contributed by atoms with van der Waals surface area (Å²) >= 11 is 3.37. The van der Waals surface area contributed by atoms with Gasteiger partial charge in [-0.15, -0.1) is 0 Å². The highest BCUT2D eigenvalue weighted by Crippen LogP contribution is 2.26. The summed E-state index contributed by atoms with van der Waals surface area (Å²) in [6.45, 7) is 6.52. The summed E-state index contributed by atoms with van der Waals surface area (Å²) in [5.74, 6) is 0.672. The number of aromatic nitrogens is 1. The van der Waals surface area contributed by atoms with Crippen LogP contribution < -0.4 is 4.90 Å². The number of pyridine rings is 1. The Morgan fingerprint density at radius 2 is 2.21 bits per heavy atom. The normalized spacial score (nSPS) is 19.6. The predicted molar refractivity (Wildman–Crippen MR) is 78.2 cm³/mol. The van der Waals surface area contributed by atoms with Crippen molar-refractivity contribution in [2.45, 2.75) is 45.3 Å². The fourth-order valence-electron chi connectivity index (χ4n) is 2.19. The lowest BCUT2D eigenvalue weighted by Crippen LogP contribution is -2.40. The van der Waals surface area contributed by atoms with Crippen molar-refractivity contribution in [1.82, 2.24) is 4.98 Å². The average molecular weight is 327 g/mol. The van der Waals surface area contributed by atoms with E-state index in [4.69, 9.17) is 4.74 Å². The largest absolute Gasteiger partial charge is 0.458 e. The molecule has 2 rings (SSSR count). The maximum atomic E-state index is 12.2. The molecule has 0 N–H and O–H groups in total. The number of ether oxygens (including phenoxy) is 1. The maximum absolute atomic E-state index is 12.2. The first kappa shape index (κ1) is 14.3. The van der Waals surface area contributed by atoms with Gasteiger partial charge in [0.15, 0.2) is 0 Å². The zero-order valence-corrected chi connectivity index (χ0v) is 13.1. The van der Waals surface area contributed by atoms with Gasteiger partial charge >= 0.3 is 5.97 Å². The second-order valence-corrected chi connectivity index (χ2v) is 6.64. The summed E-state index contributed by atoms with van der Waals surface area (Å²) in [6, 6.07) is 3.65. The van der Waals surface area contributed by atoms with Crippen molar-refractivity contribution in [2.75, 3.05) is 11.4 Å². The van der Waals surface area contributed by atoms with Gasteiger partial charge in [0.2, 0.25) is 0 Å². The molecule has 1 fully saturated rings. The van der Waals surface area contributed by atoms with Crippen molar-refractivity contribution < 1.29 is 9.53 Å². The van der Waals surface area contributed by atoms with Gasteiger partial charge in [0.25, 0.3) is 0 Å². The summed E-state index contributed by atoms with van der Waals surface area (Å²) < 4.78 is 6.41. The Kier molecular flexibility index (Phi) is 4.13. The molecule has 19 heavy (non-hydrogen) atoms. The van der Waals surface area contributed by atoms with Crippen LogP contribution >= 0.6 is 15.9 Å². The number of esters is 1. The lowest BCUT2D eigenvalue weighted by molar-refractivity contribution is -0.156. The van der Waals surface area contributed by atoms with Crippen LogP contribution in [-0.2, 0) is 9.53 Å². The molecule has 104 valence electrons. The van der Waals surface area contributed by atoms with E-state index >= 15 is 0 Å². The van der Waals surface area contributed by atoms with Gasteiger partial charge < -0.3 is 9.64 Å². The number of hydrogen-bond acceptors (Lipinski definition) is 4. The Morgan fingerprint density at radius 1 is 1.47 bits per heavy atom. The molecule has 0 radical (unpaired) electrons. The van der Waals surface area contributed by atoms with Gasteiger partial charge in [-0.2, -0.15) is 0 Å². The first-order valence-electron chi connectivity index (χ1n) is 6.48. The van der Waals surface area contributed by atoms with Crippen LogP contribution in [0.3, 0.4) is 0 Å². The SMILES string of the molecule is CC(C)(C)OC(=O)[C@@H]1CCCN1c1ccc(Br)cn1. The highest BCUT2D eigenvalue weighted by molar-refractivity contribution is 9.10. The molecule has 0 amide bonds. The third kappa shape index (κ3) is 3.69. The molecule has 0 saturated carbocycles. The topological polar surface area (TPSA) is 42.4 Å². The van der Waals surface area contributed by atoms with E-state index in [0.717, 1.165) is 29.7 Å². The second kappa shape index (κ2) is 5.49. The van der Waals surface area contributed by atoms with Crippen LogP contribution in [0.5, 0.6) is 0 Å². The van der Waals surface area contributed by atoms with Crippen molar-refractivity contribution in [3.63, 3.8) is 0 Å². The fourth-order valence-corrected chi connectivity index (χ4v) is 2.43. The van der Waals surface area contributed by atoms with Crippen LogP contribution in [0.4, 0.5) is 5.82 Å². The third-order valence-corrected chi connectivity index (χ3v) is 3.41. The molecular formula is C14H19BrN2O2. The van der Waals surface area contributed by atoms with Crippen LogP contribution in [0.25, 0.3) is 0 Å². The molecule has 0 aromatic carbocycles. The van der Waals surface area contributed by atoms with Crippen molar-refractivity contribution in [3.05, 3.63) is 22.8 Å². The Morgan fingerprint density at radius 3 is 2.79 bits per heavy atom. The van der Waals surface area contributed by atoms with Crippen molar-refractivity contribution >= 4 is 27.7 Å². The lowest BCUT2D eigenvalue weighted by Gasteiger charge is -2.28. The summed E-state index contributed by atoms with van der Waals surface area (Å²) in [7, 11) is 0. The molecule has 0 unspecified atom stereocenters. The van der Waals surface area contributed by atoms with Gasteiger partial charge in [0.1, 0.15) is 17.5 Å². The van der Waals surface area contributed by atoms with Crippen LogP contribution in [0.1, 0.15) is 33.6 Å². The minimum absolute atomic E-state index is 0.158. The number of anilines is 1. The van der Waals surface area contributed by atoms with E-state index < -0.39 is 5.60 Å². The average Bonchev–Trinajstić information content (AvgIpc) is 2.76. The van der Waals surface area contributed by atoms with Gasteiger partial charge in [-0.3, -0.25) is 0 Å². The lowest BCUT2D eigenvalue weighted by atomic mass is 10.1. The zero-order chi connectivity index (χ0) is 14.0. The second-order valence-electron chi connectivity index (χ2n) is 5.72. The molecule has 0 bridgehead atoms. The van der Waals surface area contributed by atoms with E-state index in [1.165, 1.54) is 0 Å². The Bertz CT molecular complexity index is 454. The number of nitrogens with zero attached hydrogens (tertiary/aromatic N) is 2. The minimum atomic E-state index is -0.446. The molecule has 1 aliphatic rings. The molecule has 4 nitrogen and oxygen atoms in total. The van der Waals surface area contributed by atoms with E-state index in [1.54, 1.807) is 6.20 Å². The summed E-state index contributed by atoms with van der Waals surface area (Å²) in [5, 5.41) is 0. The zero-order valence-electron chi connectivity index (χ0n) is 11.5. The van der Waals surface area contributed by atoms with E-state index in [0.29, 0.717) is 0 Å². The van der Waals surface area contributed by atoms with E-state index in [9.17, 15) is 4.79 Å². The van der Waals surface area contributed by atoms with Gasteiger partial charge in [0, 0.05) is 17.2 Å². The van der Waals surface area contributed by atoms with Crippen LogP contribution in [0.2, 0.25) is 0 Å². The molecular weight excluding hydrogens is 308 g/mol. The highest BCUT2D eigenvalue weighted by Gasteiger charge is 2.34. The molecule has 5 heteroatoms. The van der Waals surface area contributed by atoms with E-state index in [2.05, 4.69) is 20.9 Å². The van der Waals surface area contributed by atoms with Crippen LogP contribution in [0, 0.1) is 0 Å². The van der Waals surface area contributed by atoms with Crippen LogP contribution in [-0.4, -0.2) is 29.1 Å². The predicted octanol–water partition coefficient (Wildman–Crippen LogP) is 3.15. The number of hydrogen-bond donors (Lipinski definition) is 0. The first-order chi connectivity index (χ1) is 8.87. The fraction of sp³-hybridized carbons (Fsp3) is 0.571. The molecule has 1 atom stereocenters. The van der Waals surface area contributed by atoms with Crippen LogP contribution in [0.15, 0.2) is 22.8 Å². The van der Waals surface area contributed by atoms with Gasteiger partial charge in [-0.05, 0) is 61.7 Å². The van der Waals surface area contributed by atoms with Gasteiger partial charge in [-0.1, -0.05) is 0 Å². The highest BCUT2D eigenvalue weighted by atomic mass is 79.9. The Labute approximate surface area is 122 Å². The molecule has 0 aliphatic carbocycles. The molecule has 1 aromatic heterocycles. The van der Waals surface area contributed by atoms with E-state index in [1.807, 2.05) is 37.8 Å². The summed E-state index contributed by atoms with van der Waals surface area (Å²) in [5.41, 5.74) is -0.446. The number of carbonyl (C=O) groups is 1. The van der Waals surface area contributed by atoms with Crippen molar-refractivity contribution in [1.29, 1.82) is 0 Å². The number of rotatable bonds is 2. The monoisotopic (exact) mass is 326 g/mol. The maximum Gasteiger partial charge on any atom is 0.329 e. The summed E-state index contributed by atoms with van der Waals surface area (Å²) in [6.07, 6.45) is 3.56. The molecule has 1 saturated heterocycles. The Balaban J connectivity index is 2.12. The van der Waals surface area contributed by atoms with Gasteiger partial charge in [0.05, 0.1) is 0 Å². The van der Waals surface area contributed by atoms with Crippen molar-refractivity contribution in [3.8, 4) is 0 Å². The first-order valence-corrected chi connectivity index (χ1v) is 7.27. The summed E-state index contributed by atoms with van der Waals surface area (Å²) in [4.78, 5) is 18.6. The van der Waals surface area contributed by atoms with E-state index in [-0.39, 0.29) is 12.0 Å². The number of halogens is 1.